The van der Waals surface area contributed by atoms with Crippen molar-refractivity contribution in [2.45, 2.75) is 38.6 Å². The Morgan fingerprint density at radius 1 is 1.07 bits per heavy atom. The summed E-state index contributed by atoms with van der Waals surface area (Å²) in [5, 5.41) is 4.11. The largest absolute Gasteiger partial charge is 0.315 e. The van der Waals surface area contributed by atoms with E-state index in [2.05, 4.69) is 51.1 Å². The molecule has 1 N–H and O–H groups in total. The highest BCUT2D eigenvalue weighted by atomic mass is 32.1. The molecule has 3 heterocycles. The van der Waals surface area contributed by atoms with Gasteiger partial charge in [-0.2, -0.15) is 0 Å². The van der Waals surface area contributed by atoms with Crippen molar-refractivity contribution < 1.29 is 0 Å². The van der Waals surface area contributed by atoms with Gasteiger partial charge < -0.3 is 10.2 Å². The minimum Gasteiger partial charge on any atom is -0.315 e. The first-order valence-corrected chi connectivity index (χ1v) is 10.3. The summed E-state index contributed by atoms with van der Waals surface area (Å²) in [5.41, 5.74) is 2.27. The molecule has 0 saturated carbocycles. The Hall–Kier alpha value is -2.31. The highest BCUT2D eigenvalue weighted by Crippen LogP contribution is 2.30. The van der Waals surface area contributed by atoms with E-state index in [0.717, 1.165) is 28.1 Å². The van der Waals surface area contributed by atoms with Crippen molar-refractivity contribution in [2.24, 2.45) is 0 Å². The van der Waals surface area contributed by atoms with Gasteiger partial charge in [0, 0.05) is 24.7 Å². The third-order valence-corrected chi connectivity index (χ3v) is 6.03. The zero-order valence-corrected chi connectivity index (χ0v) is 16.6. The zero-order valence-electron chi connectivity index (χ0n) is 15.8. The third-order valence-electron chi connectivity index (χ3n) is 5.07. The Labute approximate surface area is 164 Å². The molecule has 3 aromatic rings. The van der Waals surface area contributed by atoms with Gasteiger partial charge in [-0.05, 0) is 38.8 Å². The average molecular weight is 380 g/mol. The van der Waals surface area contributed by atoms with Crippen LogP contribution in [0.3, 0.4) is 0 Å². The van der Waals surface area contributed by atoms with E-state index in [9.17, 15) is 0 Å². The lowest BCUT2D eigenvalue weighted by atomic mass is 9.94. The van der Waals surface area contributed by atoms with E-state index in [1.54, 1.807) is 11.3 Å². The summed E-state index contributed by atoms with van der Waals surface area (Å²) in [4.78, 5) is 17.4. The quantitative estimate of drug-likeness (QED) is 0.681. The SMILES string of the molecule is CC(C)N1CCC[C@H](c2cnc(Nc3ncc(-c4ccccc4)s3)cn2)C1. The molecule has 6 heteroatoms. The Kier molecular flexibility index (Phi) is 5.45. The van der Waals surface area contributed by atoms with Crippen molar-refractivity contribution in [3.63, 3.8) is 0 Å². The molecule has 1 aliphatic rings. The molecule has 2 aromatic heterocycles. The van der Waals surface area contributed by atoms with Gasteiger partial charge in [-0.15, -0.1) is 0 Å². The summed E-state index contributed by atoms with van der Waals surface area (Å²) >= 11 is 1.62. The molecule has 5 nitrogen and oxygen atoms in total. The number of piperidine rings is 1. The molecule has 0 bridgehead atoms. The predicted molar refractivity (Wildman–Crippen MR) is 112 cm³/mol. The molecule has 0 amide bonds. The van der Waals surface area contributed by atoms with Crippen molar-refractivity contribution in [3.05, 3.63) is 54.6 Å². The van der Waals surface area contributed by atoms with Crippen LogP contribution in [0.5, 0.6) is 0 Å². The second-order valence-corrected chi connectivity index (χ2v) is 8.31. The van der Waals surface area contributed by atoms with Gasteiger partial charge in [0.1, 0.15) is 0 Å². The van der Waals surface area contributed by atoms with Crippen LogP contribution in [0.4, 0.5) is 10.9 Å². The fourth-order valence-electron chi connectivity index (χ4n) is 3.51. The first-order chi connectivity index (χ1) is 13.2. The fraction of sp³-hybridized carbons (Fsp3) is 0.381. The zero-order chi connectivity index (χ0) is 18.6. The lowest BCUT2D eigenvalue weighted by Gasteiger charge is -2.35. The van der Waals surface area contributed by atoms with Crippen LogP contribution in [-0.4, -0.2) is 39.0 Å². The van der Waals surface area contributed by atoms with Crippen molar-refractivity contribution >= 4 is 22.3 Å². The molecule has 0 aliphatic carbocycles. The molecule has 1 fully saturated rings. The van der Waals surface area contributed by atoms with Gasteiger partial charge in [0.15, 0.2) is 10.9 Å². The molecule has 1 atom stereocenters. The summed E-state index contributed by atoms with van der Waals surface area (Å²) in [5.74, 6) is 1.22. The maximum Gasteiger partial charge on any atom is 0.188 e. The van der Waals surface area contributed by atoms with Crippen molar-refractivity contribution in [1.29, 1.82) is 0 Å². The number of nitrogens with one attached hydrogen (secondary N) is 1. The predicted octanol–water partition coefficient (Wildman–Crippen LogP) is 4.93. The van der Waals surface area contributed by atoms with Gasteiger partial charge in [0.25, 0.3) is 0 Å². The topological polar surface area (TPSA) is 53.9 Å². The molecule has 0 spiro atoms. The Morgan fingerprint density at radius 2 is 1.93 bits per heavy atom. The van der Waals surface area contributed by atoms with Crippen molar-refractivity contribution in [3.8, 4) is 10.4 Å². The van der Waals surface area contributed by atoms with E-state index in [0.29, 0.717) is 12.0 Å². The van der Waals surface area contributed by atoms with Gasteiger partial charge in [-0.3, -0.25) is 4.98 Å². The van der Waals surface area contributed by atoms with Crippen LogP contribution in [0.1, 0.15) is 38.3 Å². The maximum absolute atomic E-state index is 4.68. The number of nitrogens with zero attached hydrogens (tertiary/aromatic N) is 4. The van der Waals surface area contributed by atoms with Gasteiger partial charge in [0.05, 0.1) is 23.0 Å². The number of hydrogen-bond donors (Lipinski definition) is 1. The Balaban J connectivity index is 1.42. The van der Waals surface area contributed by atoms with Crippen molar-refractivity contribution in [2.75, 3.05) is 18.4 Å². The summed E-state index contributed by atoms with van der Waals surface area (Å²) in [7, 11) is 0. The maximum atomic E-state index is 4.68. The number of anilines is 2. The molecule has 0 radical (unpaired) electrons. The van der Waals surface area contributed by atoms with Gasteiger partial charge in [-0.1, -0.05) is 41.7 Å². The van der Waals surface area contributed by atoms with E-state index in [4.69, 9.17) is 0 Å². The van der Waals surface area contributed by atoms with E-state index in [1.807, 2.05) is 36.8 Å². The molecule has 140 valence electrons. The number of benzene rings is 1. The molecule has 0 unspecified atom stereocenters. The molecule has 1 saturated heterocycles. The first kappa shape index (κ1) is 18.1. The second kappa shape index (κ2) is 8.15. The third kappa shape index (κ3) is 4.34. The molecule has 1 aromatic carbocycles. The number of rotatable bonds is 5. The lowest BCUT2D eigenvalue weighted by molar-refractivity contribution is 0.166. The standard InChI is InChI=1S/C21H25N5S/c1-15(2)26-10-6-9-17(14-26)18-11-23-20(13-22-18)25-21-24-12-19(27-21)16-7-4-3-5-8-16/h3-5,7-8,11-13,15,17H,6,9-10,14H2,1-2H3,(H,23,24,25)/t17-/m0/s1. The minimum atomic E-state index is 0.479. The summed E-state index contributed by atoms with van der Waals surface area (Å²) in [6.45, 7) is 6.79. The van der Waals surface area contributed by atoms with Crippen molar-refractivity contribution in [1.82, 2.24) is 19.9 Å². The average Bonchev–Trinajstić information content (AvgIpc) is 3.18. The molecular weight excluding hydrogens is 354 g/mol. The van der Waals surface area contributed by atoms with E-state index in [-0.39, 0.29) is 0 Å². The van der Waals surface area contributed by atoms with Crippen LogP contribution < -0.4 is 5.32 Å². The van der Waals surface area contributed by atoms with Crippen LogP contribution in [-0.2, 0) is 0 Å². The van der Waals surface area contributed by atoms with E-state index < -0.39 is 0 Å². The number of likely N-dealkylation sites (tertiary alicyclic amines) is 1. The lowest BCUT2D eigenvalue weighted by Crippen LogP contribution is -2.39. The Morgan fingerprint density at radius 3 is 2.67 bits per heavy atom. The first-order valence-electron chi connectivity index (χ1n) is 9.53. The highest BCUT2D eigenvalue weighted by molar-refractivity contribution is 7.18. The number of thiazole rings is 1. The summed E-state index contributed by atoms with van der Waals surface area (Å²) < 4.78 is 0. The van der Waals surface area contributed by atoms with Gasteiger partial charge in [0.2, 0.25) is 0 Å². The van der Waals surface area contributed by atoms with Crippen LogP contribution >= 0.6 is 11.3 Å². The molecule has 1 aliphatic heterocycles. The van der Waals surface area contributed by atoms with Gasteiger partial charge in [-0.25, -0.2) is 9.97 Å². The smallest absolute Gasteiger partial charge is 0.188 e. The monoisotopic (exact) mass is 379 g/mol. The highest BCUT2D eigenvalue weighted by Gasteiger charge is 2.24. The van der Waals surface area contributed by atoms with Gasteiger partial charge >= 0.3 is 0 Å². The normalized spacial score (nSPS) is 18.0. The second-order valence-electron chi connectivity index (χ2n) is 7.28. The number of hydrogen-bond acceptors (Lipinski definition) is 6. The molecule has 4 rings (SSSR count). The van der Waals surface area contributed by atoms with Crippen LogP contribution in [0, 0.1) is 0 Å². The fourth-order valence-corrected chi connectivity index (χ4v) is 4.34. The van der Waals surface area contributed by atoms with Crippen LogP contribution in [0.15, 0.2) is 48.9 Å². The number of aromatic nitrogens is 3. The summed E-state index contributed by atoms with van der Waals surface area (Å²) in [6, 6.07) is 10.9. The van der Waals surface area contributed by atoms with E-state index >= 15 is 0 Å². The summed E-state index contributed by atoms with van der Waals surface area (Å²) in [6.07, 6.45) is 8.06. The minimum absolute atomic E-state index is 0.479. The van der Waals surface area contributed by atoms with Crippen LogP contribution in [0.2, 0.25) is 0 Å². The van der Waals surface area contributed by atoms with Crippen LogP contribution in [0.25, 0.3) is 10.4 Å². The molecule has 27 heavy (non-hydrogen) atoms. The Bertz CT molecular complexity index is 860. The molecular formula is C21H25N5S. The van der Waals surface area contributed by atoms with E-state index in [1.165, 1.54) is 24.9 Å².